The van der Waals surface area contributed by atoms with Crippen LogP contribution in [0.25, 0.3) is 0 Å². The van der Waals surface area contributed by atoms with Gasteiger partial charge in [0.15, 0.2) is 0 Å². The second-order valence-electron chi connectivity index (χ2n) is 6.03. The van der Waals surface area contributed by atoms with Crippen molar-refractivity contribution in [1.82, 2.24) is 5.32 Å². The van der Waals surface area contributed by atoms with Gasteiger partial charge >= 0.3 is 5.97 Å². The van der Waals surface area contributed by atoms with Gasteiger partial charge in [-0.1, -0.05) is 19.3 Å². The van der Waals surface area contributed by atoms with Crippen LogP contribution in [0.4, 0.5) is 0 Å². The van der Waals surface area contributed by atoms with Gasteiger partial charge in [0.25, 0.3) is 0 Å². The number of amides is 1. The number of hydrogen-bond donors (Lipinski definition) is 2. The van der Waals surface area contributed by atoms with Crippen LogP contribution in [0.2, 0.25) is 0 Å². The largest absolute Gasteiger partial charge is 0.481 e. The summed E-state index contributed by atoms with van der Waals surface area (Å²) in [6.45, 7) is 1.56. The Morgan fingerprint density at radius 2 is 1.95 bits per heavy atom. The molecule has 1 amide bonds. The molecule has 5 heteroatoms. The van der Waals surface area contributed by atoms with Crippen molar-refractivity contribution in [2.24, 2.45) is 11.8 Å². The summed E-state index contributed by atoms with van der Waals surface area (Å²) in [4.78, 5) is 23.3. The van der Waals surface area contributed by atoms with Crippen LogP contribution in [0.15, 0.2) is 0 Å². The molecule has 0 aromatic carbocycles. The van der Waals surface area contributed by atoms with Gasteiger partial charge in [0, 0.05) is 25.7 Å². The van der Waals surface area contributed by atoms with Crippen molar-refractivity contribution in [2.45, 2.75) is 57.4 Å². The van der Waals surface area contributed by atoms with Crippen molar-refractivity contribution in [3.63, 3.8) is 0 Å². The van der Waals surface area contributed by atoms with Gasteiger partial charge in [-0.3, -0.25) is 9.59 Å². The van der Waals surface area contributed by atoms with E-state index in [0.717, 1.165) is 51.7 Å². The van der Waals surface area contributed by atoms with E-state index in [1.165, 1.54) is 0 Å². The van der Waals surface area contributed by atoms with Crippen molar-refractivity contribution in [1.29, 1.82) is 0 Å². The summed E-state index contributed by atoms with van der Waals surface area (Å²) in [6.07, 6.45) is 6.84. The maximum Gasteiger partial charge on any atom is 0.308 e. The molecule has 20 heavy (non-hydrogen) atoms. The number of aliphatic carboxylic acids is 1. The molecule has 5 nitrogen and oxygen atoms in total. The summed E-state index contributed by atoms with van der Waals surface area (Å²) < 4.78 is 5.29. The van der Waals surface area contributed by atoms with Crippen LogP contribution >= 0.6 is 0 Å². The van der Waals surface area contributed by atoms with Gasteiger partial charge < -0.3 is 15.2 Å². The van der Waals surface area contributed by atoms with Crippen molar-refractivity contribution < 1.29 is 19.4 Å². The molecule has 114 valence electrons. The van der Waals surface area contributed by atoms with E-state index in [4.69, 9.17) is 4.74 Å². The topological polar surface area (TPSA) is 75.6 Å². The first-order chi connectivity index (χ1) is 9.66. The molecule has 2 fully saturated rings. The van der Waals surface area contributed by atoms with E-state index in [-0.39, 0.29) is 11.9 Å². The van der Waals surface area contributed by atoms with Crippen molar-refractivity contribution in [3.05, 3.63) is 0 Å². The van der Waals surface area contributed by atoms with E-state index in [9.17, 15) is 14.7 Å². The molecular formula is C15H25NO4. The monoisotopic (exact) mass is 283 g/mol. The molecule has 1 heterocycles. The second kappa shape index (κ2) is 7.62. The predicted molar refractivity (Wildman–Crippen MR) is 74.3 cm³/mol. The molecule has 1 saturated carbocycles. The standard InChI is InChI=1S/C15H25NO4/c17-14(7-6-11-8-9-20-10-11)16-13-5-3-1-2-4-12(13)15(18)19/h11-13H,1-10H2,(H,16,17)(H,18,19)/t11?,12-,13+/m1/s1. The van der Waals surface area contributed by atoms with E-state index in [2.05, 4.69) is 5.32 Å². The van der Waals surface area contributed by atoms with E-state index in [1.807, 2.05) is 0 Å². The summed E-state index contributed by atoms with van der Waals surface area (Å²) in [5, 5.41) is 12.2. The van der Waals surface area contributed by atoms with Gasteiger partial charge in [0.2, 0.25) is 5.91 Å². The highest BCUT2D eigenvalue weighted by Gasteiger charge is 2.30. The van der Waals surface area contributed by atoms with Crippen LogP contribution in [0.3, 0.4) is 0 Å². The number of nitrogens with one attached hydrogen (secondary N) is 1. The quantitative estimate of drug-likeness (QED) is 0.756. The Balaban J connectivity index is 1.79. The Bertz CT molecular complexity index is 339. The summed E-state index contributed by atoms with van der Waals surface area (Å²) in [5.74, 6) is -0.710. The molecule has 1 unspecified atom stereocenters. The lowest BCUT2D eigenvalue weighted by Gasteiger charge is -2.23. The molecule has 2 N–H and O–H groups in total. The van der Waals surface area contributed by atoms with Gasteiger partial charge in [-0.25, -0.2) is 0 Å². The zero-order chi connectivity index (χ0) is 14.4. The number of hydrogen-bond acceptors (Lipinski definition) is 3. The molecule has 1 aliphatic carbocycles. The zero-order valence-corrected chi connectivity index (χ0v) is 12.0. The Kier molecular flexibility index (Phi) is 5.83. The third-order valence-electron chi connectivity index (χ3n) is 4.48. The summed E-state index contributed by atoms with van der Waals surface area (Å²) in [7, 11) is 0. The number of ether oxygens (including phenoxy) is 1. The first-order valence-corrected chi connectivity index (χ1v) is 7.76. The second-order valence-corrected chi connectivity index (χ2v) is 6.03. The van der Waals surface area contributed by atoms with Crippen LogP contribution in [0, 0.1) is 11.8 Å². The van der Waals surface area contributed by atoms with Crippen LogP contribution in [0.1, 0.15) is 51.4 Å². The minimum absolute atomic E-state index is 0.00458. The van der Waals surface area contributed by atoms with E-state index in [0.29, 0.717) is 18.8 Å². The lowest BCUT2D eigenvalue weighted by atomic mass is 9.94. The molecule has 2 aliphatic rings. The van der Waals surface area contributed by atoms with Crippen molar-refractivity contribution in [3.8, 4) is 0 Å². The number of carboxylic acids is 1. The molecule has 0 bridgehead atoms. The number of rotatable bonds is 5. The SMILES string of the molecule is O=C(CCC1CCOC1)N[C@H]1CCCCC[C@H]1C(=O)O. The van der Waals surface area contributed by atoms with Crippen LogP contribution in [-0.4, -0.2) is 36.2 Å². The fraction of sp³-hybridized carbons (Fsp3) is 0.867. The van der Waals surface area contributed by atoms with E-state index >= 15 is 0 Å². The molecule has 1 aliphatic heterocycles. The fourth-order valence-corrected chi connectivity index (χ4v) is 3.20. The lowest BCUT2D eigenvalue weighted by Crippen LogP contribution is -2.42. The first kappa shape index (κ1) is 15.3. The molecule has 1 saturated heterocycles. The molecule has 0 aromatic rings. The number of carboxylic acid groups (broad SMARTS) is 1. The molecule has 0 radical (unpaired) electrons. The molecule has 0 spiro atoms. The minimum Gasteiger partial charge on any atom is -0.481 e. The predicted octanol–water partition coefficient (Wildman–Crippen LogP) is 1.95. The van der Waals surface area contributed by atoms with Gasteiger partial charge in [0.1, 0.15) is 0 Å². The number of carbonyl (C=O) groups is 2. The van der Waals surface area contributed by atoms with Gasteiger partial charge in [0.05, 0.1) is 5.92 Å². The minimum atomic E-state index is -0.776. The normalized spacial score (nSPS) is 30.7. The molecule has 3 atom stereocenters. The molecule has 2 rings (SSSR count). The van der Waals surface area contributed by atoms with Gasteiger partial charge in [-0.2, -0.15) is 0 Å². The van der Waals surface area contributed by atoms with Crippen LogP contribution in [-0.2, 0) is 14.3 Å². The maximum absolute atomic E-state index is 12.0. The van der Waals surface area contributed by atoms with Gasteiger partial charge in [-0.15, -0.1) is 0 Å². The maximum atomic E-state index is 12.0. The third-order valence-corrected chi connectivity index (χ3v) is 4.48. The van der Waals surface area contributed by atoms with E-state index < -0.39 is 11.9 Å². The Morgan fingerprint density at radius 3 is 2.65 bits per heavy atom. The highest BCUT2D eigenvalue weighted by Crippen LogP contribution is 2.24. The van der Waals surface area contributed by atoms with Crippen LogP contribution in [0.5, 0.6) is 0 Å². The summed E-state index contributed by atoms with van der Waals surface area (Å²) in [6, 6.07) is -0.192. The molecule has 0 aromatic heterocycles. The summed E-state index contributed by atoms with van der Waals surface area (Å²) >= 11 is 0. The smallest absolute Gasteiger partial charge is 0.308 e. The number of carbonyl (C=O) groups excluding carboxylic acids is 1. The molecular weight excluding hydrogens is 258 g/mol. The highest BCUT2D eigenvalue weighted by atomic mass is 16.5. The highest BCUT2D eigenvalue weighted by molar-refractivity contribution is 5.78. The fourth-order valence-electron chi connectivity index (χ4n) is 3.20. The zero-order valence-electron chi connectivity index (χ0n) is 12.0. The Labute approximate surface area is 120 Å². The first-order valence-electron chi connectivity index (χ1n) is 7.76. The van der Waals surface area contributed by atoms with Crippen LogP contribution < -0.4 is 5.32 Å². The van der Waals surface area contributed by atoms with Crippen molar-refractivity contribution >= 4 is 11.9 Å². The van der Waals surface area contributed by atoms with Gasteiger partial charge in [-0.05, 0) is 31.6 Å². The Hall–Kier alpha value is -1.10. The third kappa shape index (κ3) is 4.47. The van der Waals surface area contributed by atoms with Crippen molar-refractivity contribution in [2.75, 3.05) is 13.2 Å². The summed E-state index contributed by atoms with van der Waals surface area (Å²) in [5.41, 5.74) is 0. The Morgan fingerprint density at radius 1 is 1.15 bits per heavy atom. The average Bonchev–Trinajstić information content (AvgIpc) is 2.82. The van der Waals surface area contributed by atoms with E-state index in [1.54, 1.807) is 0 Å². The average molecular weight is 283 g/mol. The lowest BCUT2D eigenvalue weighted by molar-refractivity contribution is -0.143.